The number of hydrogen-bond acceptors (Lipinski definition) is 3. The lowest BCUT2D eigenvalue weighted by Gasteiger charge is -2.45. The van der Waals surface area contributed by atoms with Crippen molar-refractivity contribution in [1.29, 1.82) is 0 Å². The predicted octanol–water partition coefficient (Wildman–Crippen LogP) is 4.75. The van der Waals surface area contributed by atoms with E-state index in [0.29, 0.717) is 17.5 Å². The minimum atomic E-state index is 0.317. The highest BCUT2D eigenvalue weighted by atomic mass is 79.9. The van der Waals surface area contributed by atoms with Crippen LogP contribution in [0.3, 0.4) is 0 Å². The van der Waals surface area contributed by atoms with Gasteiger partial charge in [-0.25, -0.2) is 0 Å². The molecular formula is C17H29BrN2S. The molecule has 1 fully saturated rings. The lowest BCUT2D eigenvalue weighted by Crippen LogP contribution is -2.60. The van der Waals surface area contributed by atoms with E-state index in [-0.39, 0.29) is 0 Å². The summed E-state index contributed by atoms with van der Waals surface area (Å²) in [7, 11) is 0. The molecule has 0 saturated carbocycles. The Morgan fingerprint density at radius 2 is 2.10 bits per heavy atom. The van der Waals surface area contributed by atoms with E-state index in [1.165, 1.54) is 15.1 Å². The first kappa shape index (κ1) is 17.5. The molecule has 1 saturated heterocycles. The summed E-state index contributed by atoms with van der Waals surface area (Å²) in [6.45, 7) is 15.0. The molecule has 2 nitrogen and oxygen atoms in total. The Bertz CT molecular complexity index is 450. The summed E-state index contributed by atoms with van der Waals surface area (Å²) in [6.07, 6.45) is 1.27. The van der Waals surface area contributed by atoms with Crippen molar-refractivity contribution in [2.24, 2.45) is 11.3 Å². The Balaban J connectivity index is 2.08. The molecular weight excluding hydrogens is 344 g/mol. The first-order valence-corrected chi connectivity index (χ1v) is 9.58. The summed E-state index contributed by atoms with van der Waals surface area (Å²) >= 11 is 5.45. The van der Waals surface area contributed by atoms with Crippen molar-refractivity contribution in [1.82, 2.24) is 10.2 Å². The van der Waals surface area contributed by atoms with Crippen molar-refractivity contribution in [2.75, 3.05) is 13.1 Å². The molecule has 2 atom stereocenters. The standard InChI is InChI=1S/C17H29BrN2S/c1-12(2)8-13-9-19-15(17(3,4)5)11-20(13)10-14-6-7-16(18)21-14/h6-7,12-13,15,19H,8-11H2,1-5H3. The second-order valence-electron chi connectivity index (χ2n) is 7.75. The van der Waals surface area contributed by atoms with Gasteiger partial charge in [-0.15, -0.1) is 11.3 Å². The fourth-order valence-corrected chi connectivity index (χ4v) is 4.55. The first-order valence-electron chi connectivity index (χ1n) is 7.97. The minimum absolute atomic E-state index is 0.317. The molecule has 2 unspecified atom stereocenters. The molecule has 0 amide bonds. The summed E-state index contributed by atoms with van der Waals surface area (Å²) < 4.78 is 1.24. The van der Waals surface area contributed by atoms with Gasteiger partial charge in [0.1, 0.15) is 0 Å². The predicted molar refractivity (Wildman–Crippen MR) is 96.9 cm³/mol. The molecule has 1 aromatic heterocycles. The molecule has 1 N–H and O–H groups in total. The van der Waals surface area contributed by atoms with Crippen LogP contribution < -0.4 is 5.32 Å². The molecule has 1 aromatic rings. The molecule has 120 valence electrons. The summed E-state index contributed by atoms with van der Waals surface area (Å²) in [6, 6.07) is 5.66. The maximum atomic E-state index is 3.79. The normalized spacial score (nSPS) is 24.7. The van der Waals surface area contributed by atoms with Gasteiger partial charge in [-0.05, 0) is 45.8 Å². The van der Waals surface area contributed by atoms with Crippen molar-refractivity contribution >= 4 is 27.3 Å². The zero-order chi connectivity index (χ0) is 15.6. The Kier molecular flexibility index (Phi) is 5.91. The first-order chi connectivity index (χ1) is 9.75. The van der Waals surface area contributed by atoms with Gasteiger partial charge in [0.15, 0.2) is 0 Å². The third-order valence-electron chi connectivity index (χ3n) is 4.31. The summed E-state index contributed by atoms with van der Waals surface area (Å²) in [5.41, 5.74) is 0.317. The maximum Gasteiger partial charge on any atom is 0.0701 e. The van der Waals surface area contributed by atoms with Crippen molar-refractivity contribution in [2.45, 2.75) is 59.7 Å². The number of thiophene rings is 1. The van der Waals surface area contributed by atoms with Crippen molar-refractivity contribution in [3.63, 3.8) is 0 Å². The van der Waals surface area contributed by atoms with Crippen LogP contribution in [0.25, 0.3) is 0 Å². The molecule has 4 heteroatoms. The van der Waals surface area contributed by atoms with Crippen LogP contribution in [0.15, 0.2) is 15.9 Å². The largest absolute Gasteiger partial charge is 0.311 e. The quantitative estimate of drug-likeness (QED) is 0.820. The number of nitrogens with zero attached hydrogens (tertiary/aromatic N) is 1. The number of hydrogen-bond donors (Lipinski definition) is 1. The van der Waals surface area contributed by atoms with Crippen molar-refractivity contribution in [3.8, 4) is 0 Å². The fourth-order valence-electron chi connectivity index (χ4n) is 3.04. The number of rotatable bonds is 4. The fraction of sp³-hybridized carbons (Fsp3) is 0.765. The topological polar surface area (TPSA) is 15.3 Å². The SMILES string of the molecule is CC(C)CC1CNC(C(C)(C)C)CN1Cc1ccc(Br)s1. The van der Waals surface area contributed by atoms with Gasteiger partial charge in [-0.3, -0.25) is 4.90 Å². The highest BCUT2D eigenvalue weighted by molar-refractivity contribution is 9.11. The van der Waals surface area contributed by atoms with Crippen LogP contribution in [0.5, 0.6) is 0 Å². The molecule has 0 spiro atoms. The van der Waals surface area contributed by atoms with Gasteiger partial charge in [0.05, 0.1) is 3.79 Å². The highest BCUT2D eigenvalue weighted by Gasteiger charge is 2.34. The second-order valence-corrected chi connectivity index (χ2v) is 10.3. The Morgan fingerprint density at radius 3 is 2.62 bits per heavy atom. The average Bonchev–Trinajstić information content (AvgIpc) is 2.75. The lowest BCUT2D eigenvalue weighted by molar-refractivity contribution is 0.0699. The molecule has 0 bridgehead atoms. The van der Waals surface area contributed by atoms with Gasteiger partial charge in [-0.1, -0.05) is 34.6 Å². The highest BCUT2D eigenvalue weighted by Crippen LogP contribution is 2.29. The van der Waals surface area contributed by atoms with E-state index in [1.54, 1.807) is 0 Å². The van der Waals surface area contributed by atoms with E-state index in [1.807, 2.05) is 11.3 Å². The van der Waals surface area contributed by atoms with E-state index in [2.05, 4.69) is 72.9 Å². The van der Waals surface area contributed by atoms with E-state index < -0.39 is 0 Å². The minimum Gasteiger partial charge on any atom is -0.311 e. The van der Waals surface area contributed by atoms with Gasteiger partial charge in [0.25, 0.3) is 0 Å². The van der Waals surface area contributed by atoms with Crippen molar-refractivity contribution in [3.05, 3.63) is 20.8 Å². The maximum absolute atomic E-state index is 3.79. The third-order valence-corrected chi connectivity index (χ3v) is 5.92. The molecule has 21 heavy (non-hydrogen) atoms. The van der Waals surface area contributed by atoms with Crippen molar-refractivity contribution < 1.29 is 0 Å². The number of nitrogens with one attached hydrogen (secondary N) is 1. The number of piperazine rings is 1. The van der Waals surface area contributed by atoms with E-state index >= 15 is 0 Å². The summed E-state index contributed by atoms with van der Waals surface area (Å²) in [4.78, 5) is 4.16. The van der Waals surface area contributed by atoms with Crippen LogP contribution in [0.1, 0.15) is 45.9 Å². The average molecular weight is 373 g/mol. The Hall–Kier alpha value is 0.1000. The molecule has 0 aromatic carbocycles. The van der Waals surface area contributed by atoms with Gasteiger partial charge in [0, 0.05) is 36.6 Å². The van der Waals surface area contributed by atoms with E-state index in [9.17, 15) is 0 Å². The van der Waals surface area contributed by atoms with Gasteiger partial charge < -0.3 is 5.32 Å². The lowest BCUT2D eigenvalue weighted by atomic mass is 9.84. The molecule has 2 rings (SSSR count). The van der Waals surface area contributed by atoms with Crippen LogP contribution in [-0.2, 0) is 6.54 Å². The van der Waals surface area contributed by atoms with Crippen LogP contribution in [0, 0.1) is 11.3 Å². The third kappa shape index (κ3) is 5.05. The van der Waals surface area contributed by atoms with Crippen LogP contribution >= 0.6 is 27.3 Å². The monoisotopic (exact) mass is 372 g/mol. The molecule has 2 heterocycles. The number of halogens is 1. The van der Waals surface area contributed by atoms with Gasteiger partial charge >= 0.3 is 0 Å². The molecule has 1 aliphatic rings. The molecule has 0 aliphatic carbocycles. The zero-order valence-electron chi connectivity index (χ0n) is 13.9. The van der Waals surface area contributed by atoms with E-state index in [0.717, 1.165) is 25.6 Å². The second kappa shape index (κ2) is 7.12. The zero-order valence-corrected chi connectivity index (χ0v) is 16.4. The smallest absolute Gasteiger partial charge is 0.0701 e. The van der Waals surface area contributed by atoms with Crippen LogP contribution in [0.2, 0.25) is 0 Å². The summed E-state index contributed by atoms with van der Waals surface area (Å²) in [5.74, 6) is 0.751. The van der Waals surface area contributed by atoms with E-state index in [4.69, 9.17) is 0 Å². The molecule has 0 radical (unpaired) electrons. The van der Waals surface area contributed by atoms with Gasteiger partial charge in [0.2, 0.25) is 0 Å². The van der Waals surface area contributed by atoms with Crippen LogP contribution in [-0.4, -0.2) is 30.1 Å². The van der Waals surface area contributed by atoms with Gasteiger partial charge in [-0.2, -0.15) is 0 Å². The Morgan fingerprint density at radius 1 is 1.38 bits per heavy atom. The van der Waals surface area contributed by atoms with Crippen LogP contribution in [0.4, 0.5) is 0 Å². The molecule has 1 aliphatic heterocycles. The summed E-state index contributed by atoms with van der Waals surface area (Å²) in [5, 5.41) is 3.79. The Labute approximate surface area is 142 Å².